The van der Waals surface area contributed by atoms with Gasteiger partial charge < -0.3 is 9.64 Å². The van der Waals surface area contributed by atoms with Crippen LogP contribution in [-0.2, 0) is 20.0 Å². The molecule has 0 bridgehead atoms. The van der Waals surface area contributed by atoms with Crippen molar-refractivity contribution in [1.82, 2.24) is 34.4 Å². The number of hydrogen-bond acceptors (Lipinski definition) is 6. The SMILES string of the molecule is COc1nc(C(=O)N2CCc3nc(-c4ccccc4)nn3CC2)nn1C. The minimum absolute atomic E-state index is 0.141. The molecular weight excluding hydrogens is 334 g/mol. The van der Waals surface area contributed by atoms with Crippen LogP contribution in [0.4, 0.5) is 0 Å². The van der Waals surface area contributed by atoms with E-state index < -0.39 is 0 Å². The van der Waals surface area contributed by atoms with Crippen molar-refractivity contribution in [3.05, 3.63) is 42.0 Å². The van der Waals surface area contributed by atoms with E-state index in [0.29, 0.717) is 32.1 Å². The van der Waals surface area contributed by atoms with Gasteiger partial charge in [-0.15, -0.1) is 5.10 Å². The van der Waals surface area contributed by atoms with Crippen LogP contribution < -0.4 is 4.74 Å². The summed E-state index contributed by atoms with van der Waals surface area (Å²) in [6.45, 7) is 1.67. The average Bonchev–Trinajstić information content (AvgIpc) is 3.20. The second-order valence-corrected chi connectivity index (χ2v) is 6.03. The van der Waals surface area contributed by atoms with Crippen molar-refractivity contribution in [2.24, 2.45) is 7.05 Å². The number of aromatic nitrogens is 6. The standard InChI is InChI=1S/C17H19N7O2/c1-22-17(26-2)19-15(20-22)16(25)23-9-8-13-18-14(21-24(13)11-10-23)12-6-4-3-5-7-12/h3-7H,8-11H2,1-2H3. The fraction of sp³-hybridized carbons (Fsp3) is 0.353. The minimum Gasteiger partial charge on any atom is -0.467 e. The molecule has 0 fully saturated rings. The molecule has 3 heterocycles. The average molecular weight is 353 g/mol. The number of aryl methyl sites for hydroxylation is 1. The molecule has 9 heteroatoms. The maximum absolute atomic E-state index is 12.7. The zero-order valence-corrected chi connectivity index (χ0v) is 14.7. The number of hydrogen-bond donors (Lipinski definition) is 0. The second-order valence-electron chi connectivity index (χ2n) is 6.03. The van der Waals surface area contributed by atoms with E-state index in [9.17, 15) is 4.79 Å². The van der Waals surface area contributed by atoms with Crippen LogP contribution in [0.3, 0.4) is 0 Å². The molecule has 1 aromatic carbocycles. The number of benzene rings is 1. The van der Waals surface area contributed by atoms with Gasteiger partial charge in [0.2, 0.25) is 5.82 Å². The maximum Gasteiger partial charge on any atom is 0.314 e. The summed E-state index contributed by atoms with van der Waals surface area (Å²) in [5.74, 6) is 1.53. The Bertz CT molecular complexity index is 906. The number of ether oxygens (including phenoxy) is 1. The molecule has 9 nitrogen and oxygen atoms in total. The number of fused-ring (bicyclic) bond motifs is 1. The Morgan fingerprint density at radius 3 is 2.62 bits per heavy atom. The largest absolute Gasteiger partial charge is 0.467 e. The minimum atomic E-state index is -0.210. The normalized spacial score (nSPS) is 14.0. The number of nitrogens with zero attached hydrogens (tertiary/aromatic N) is 7. The highest BCUT2D eigenvalue weighted by molar-refractivity contribution is 5.90. The van der Waals surface area contributed by atoms with E-state index >= 15 is 0 Å². The van der Waals surface area contributed by atoms with Gasteiger partial charge in [-0.1, -0.05) is 30.3 Å². The molecule has 4 rings (SSSR count). The molecule has 0 unspecified atom stereocenters. The first-order chi connectivity index (χ1) is 12.7. The third-order valence-corrected chi connectivity index (χ3v) is 4.35. The van der Waals surface area contributed by atoms with Gasteiger partial charge in [-0.2, -0.15) is 10.1 Å². The van der Waals surface area contributed by atoms with Gasteiger partial charge in [0, 0.05) is 32.1 Å². The van der Waals surface area contributed by atoms with E-state index in [1.165, 1.54) is 11.8 Å². The molecule has 1 aliphatic rings. The Balaban J connectivity index is 1.50. The Hall–Kier alpha value is -3.23. The molecule has 0 N–H and O–H groups in total. The second kappa shape index (κ2) is 6.58. The molecule has 2 aromatic heterocycles. The first-order valence-corrected chi connectivity index (χ1v) is 8.39. The molecule has 1 aliphatic heterocycles. The third kappa shape index (κ3) is 2.92. The molecule has 26 heavy (non-hydrogen) atoms. The maximum atomic E-state index is 12.7. The lowest BCUT2D eigenvalue weighted by molar-refractivity contribution is 0.0745. The van der Waals surface area contributed by atoms with Crippen LogP contribution in [0.5, 0.6) is 6.01 Å². The van der Waals surface area contributed by atoms with Crippen molar-refractivity contribution in [2.45, 2.75) is 13.0 Å². The Morgan fingerprint density at radius 1 is 1.08 bits per heavy atom. The van der Waals surface area contributed by atoms with E-state index in [1.807, 2.05) is 35.0 Å². The Labute approximate surface area is 150 Å². The van der Waals surface area contributed by atoms with Crippen molar-refractivity contribution < 1.29 is 9.53 Å². The molecule has 134 valence electrons. The molecule has 1 amide bonds. The van der Waals surface area contributed by atoms with E-state index in [4.69, 9.17) is 4.74 Å². The van der Waals surface area contributed by atoms with Crippen LogP contribution in [0.1, 0.15) is 16.4 Å². The zero-order chi connectivity index (χ0) is 18.1. The first-order valence-electron chi connectivity index (χ1n) is 8.39. The van der Waals surface area contributed by atoms with Gasteiger partial charge >= 0.3 is 6.01 Å². The van der Waals surface area contributed by atoms with Gasteiger partial charge in [0.15, 0.2) is 5.82 Å². The lowest BCUT2D eigenvalue weighted by atomic mass is 10.2. The lowest BCUT2D eigenvalue weighted by Gasteiger charge is -2.17. The summed E-state index contributed by atoms with van der Waals surface area (Å²) in [5, 5.41) is 8.72. The van der Waals surface area contributed by atoms with Crippen molar-refractivity contribution in [2.75, 3.05) is 20.2 Å². The van der Waals surface area contributed by atoms with Crippen molar-refractivity contribution in [3.8, 4) is 17.4 Å². The van der Waals surface area contributed by atoms with Crippen LogP contribution in [0.2, 0.25) is 0 Å². The Kier molecular flexibility index (Phi) is 4.11. The number of amides is 1. The third-order valence-electron chi connectivity index (χ3n) is 4.35. The smallest absolute Gasteiger partial charge is 0.314 e. The molecular formula is C17H19N7O2. The number of carbonyl (C=O) groups is 1. The van der Waals surface area contributed by atoms with Gasteiger partial charge in [0.05, 0.1) is 13.7 Å². The van der Waals surface area contributed by atoms with Crippen LogP contribution >= 0.6 is 0 Å². The predicted octanol–water partition coefficient (Wildman–Crippen LogP) is 0.781. The van der Waals surface area contributed by atoms with Crippen molar-refractivity contribution in [1.29, 1.82) is 0 Å². The van der Waals surface area contributed by atoms with Crippen LogP contribution in [0.15, 0.2) is 30.3 Å². The van der Waals surface area contributed by atoms with E-state index in [-0.39, 0.29) is 11.7 Å². The molecule has 0 atom stereocenters. The summed E-state index contributed by atoms with van der Waals surface area (Å²) in [6, 6.07) is 10.2. The highest BCUT2D eigenvalue weighted by atomic mass is 16.5. The highest BCUT2D eigenvalue weighted by Gasteiger charge is 2.25. The van der Waals surface area contributed by atoms with Crippen molar-refractivity contribution >= 4 is 5.91 Å². The van der Waals surface area contributed by atoms with Crippen molar-refractivity contribution in [3.63, 3.8) is 0 Å². The summed E-state index contributed by atoms with van der Waals surface area (Å²) < 4.78 is 8.40. The van der Waals surface area contributed by atoms with E-state index in [1.54, 1.807) is 11.9 Å². The molecule has 0 spiro atoms. The van der Waals surface area contributed by atoms with Crippen LogP contribution in [0.25, 0.3) is 11.4 Å². The fourth-order valence-corrected chi connectivity index (χ4v) is 2.99. The van der Waals surface area contributed by atoms with Gasteiger partial charge in [-0.3, -0.25) is 4.79 Å². The van der Waals surface area contributed by atoms with Gasteiger partial charge in [-0.05, 0) is 0 Å². The van der Waals surface area contributed by atoms with Crippen LogP contribution in [0, 0.1) is 0 Å². The number of rotatable bonds is 3. The van der Waals surface area contributed by atoms with Gasteiger partial charge in [0.25, 0.3) is 5.91 Å². The molecule has 0 radical (unpaired) electrons. The molecule has 0 saturated carbocycles. The summed E-state index contributed by atoms with van der Waals surface area (Å²) in [4.78, 5) is 23.2. The number of methoxy groups -OCH3 is 1. The predicted molar refractivity (Wildman–Crippen MR) is 92.6 cm³/mol. The highest BCUT2D eigenvalue weighted by Crippen LogP contribution is 2.17. The van der Waals surface area contributed by atoms with Crippen LogP contribution in [-0.4, -0.2) is 60.5 Å². The summed E-state index contributed by atoms with van der Waals surface area (Å²) in [7, 11) is 3.19. The summed E-state index contributed by atoms with van der Waals surface area (Å²) >= 11 is 0. The number of carbonyl (C=O) groups excluding carboxylic acids is 1. The first kappa shape index (κ1) is 16.2. The lowest BCUT2D eigenvalue weighted by Crippen LogP contribution is -2.34. The summed E-state index contributed by atoms with van der Waals surface area (Å²) in [5.41, 5.74) is 0.991. The van der Waals surface area contributed by atoms with E-state index in [0.717, 1.165) is 17.2 Å². The topological polar surface area (TPSA) is 91.0 Å². The molecule has 0 saturated heterocycles. The molecule has 0 aliphatic carbocycles. The molecule has 3 aromatic rings. The van der Waals surface area contributed by atoms with E-state index in [2.05, 4.69) is 20.2 Å². The van der Waals surface area contributed by atoms with Gasteiger partial charge in [-0.25, -0.2) is 14.3 Å². The fourth-order valence-electron chi connectivity index (χ4n) is 2.99. The quantitative estimate of drug-likeness (QED) is 0.691. The summed E-state index contributed by atoms with van der Waals surface area (Å²) in [6.07, 6.45) is 0.634. The zero-order valence-electron chi connectivity index (χ0n) is 14.7. The van der Waals surface area contributed by atoms with Gasteiger partial charge in [0.1, 0.15) is 5.82 Å². The monoisotopic (exact) mass is 353 g/mol. The Morgan fingerprint density at radius 2 is 1.88 bits per heavy atom.